The molecule has 0 saturated heterocycles. The predicted octanol–water partition coefficient (Wildman–Crippen LogP) is 3.38. The number of halogens is 3. The molecular formula is C22H24F3N3O3. The normalized spacial score (nSPS) is 12.0. The van der Waals surface area contributed by atoms with E-state index in [1.165, 1.54) is 5.56 Å². The van der Waals surface area contributed by atoms with E-state index in [0.717, 1.165) is 37.1 Å². The van der Waals surface area contributed by atoms with Crippen LogP contribution in [0.1, 0.15) is 47.7 Å². The van der Waals surface area contributed by atoms with Crippen molar-refractivity contribution in [3.63, 3.8) is 0 Å². The van der Waals surface area contributed by atoms with Gasteiger partial charge in [0.1, 0.15) is 0 Å². The van der Waals surface area contributed by atoms with Crippen LogP contribution in [0.2, 0.25) is 0 Å². The number of rotatable bonds is 8. The summed E-state index contributed by atoms with van der Waals surface area (Å²) in [4.78, 5) is 35.7. The molecule has 6 nitrogen and oxygen atoms in total. The molecule has 0 saturated carbocycles. The molecule has 0 fully saturated rings. The van der Waals surface area contributed by atoms with E-state index in [1.54, 1.807) is 0 Å². The van der Waals surface area contributed by atoms with E-state index in [-0.39, 0.29) is 30.4 Å². The minimum Gasteiger partial charge on any atom is -0.354 e. The van der Waals surface area contributed by atoms with Gasteiger partial charge in [-0.05, 0) is 49.6 Å². The largest absolute Gasteiger partial charge is 0.416 e. The van der Waals surface area contributed by atoms with Gasteiger partial charge in [0.2, 0.25) is 11.8 Å². The van der Waals surface area contributed by atoms with Gasteiger partial charge >= 0.3 is 6.18 Å². The maximum atomic E-state index is 12.5. The van der Waals surface area contributed by atoms with E-state index in [1.807, 2.05) is 37.3 Å². The van der Waals surface area contributed by atoms with E-state index < -0.39 is 23.6 Å². The number of carbonyl (C=O) groups excluding carboxylic acids is 3. The van der Waals surface area contributed by atoms with Crippen LogP contribution in [-0.2, 0) is 22.2 Å². The minimum absolute atomic E-state index is 0.0433. The Kier molecular flexibility index (Phi) is 8.60. The molecule has 3 amide bonds. The molecule has 0 heterocycles. The zero-order valence-corrected chi connectivity index (χ0v) is 17.0. The summed E-state index contributed by atoms with van der Waals surface area (Å²) in [5.41, 5.74) is 4.50. The van der Waals surface area contributed by atoms with Crippen molar-refractivity contribution in [1.29, 1.82) is 0 Å². The second-order valence-corrected chi connectivity index (χ2v) is 7.07. The fourth-order valence-corrected chi connectivity index (χ4v) is 2.75. The molecule has 0 spiro atoms. The highest BCUT2D eigenvalue weighted by Gasteiger charge is 2.30. The van der Waals surface area contributed by atoms with Crippen molar-refractivity contribution in [3.05, 3.63) is 71.3 Å². The number of carbonyl (C=O) groups is 3. The molecule has 31 heavy (non-hydrogen) atoms. The zero-order chi connectivity index (χ0) is 22.9. The third-order valence-corrected chi connectivity index (χ3v) is 4.49. The van der Waals surface area contributed by atoms with Gasteiger partial charge in [0.05, 0.1) is 5.56 Å². The third kappa shape index (κ3) is 8.49. The number of benzene rings is 2. The second-order valence-electron chi connectivity index (χ2n) is 7.07. The predicted molar refractivity (Wildman–Crippen MR) is 109 cm³/mol. The Morgan fingerprint density at radius 1 is 0.871 bits per heavy atom. The van der Waals surface area contributed by atoms with Crippen LogP contribution >= 0.6 is 0 Å². The highest BCUT2D eigenvalue weighted by atomic mass is 19.4. The lowest BCUT2D eigenvalue weighted by Gasteiger charge is -2.14. The lowest BCUT2D eigenvalue weighted by molar-refractivity contribution is -0.137. The van der Waals surface area contributed by atoms with Crippen LogP contribution in [0, 0.1) is 0 Å². The first-order chi connectivity index (χ1) is 14.6. The minimum atomic E-state index is -4.50. The van der Waals surface area contributed by atoms with Crippen LogP contribution in [0.15, 0.2) is 54.6 Å². The molecule has 3 N–H and O–H groups in total. The van der Waals surface area contributed by atoms with Crippen molar-refractivity contribution >= 4 is 17.7 Å². The summed E-state index contributed by atoms with van der Waals surface area (Å²) in [6.07, 6.45) is -3.13. The number of hydrogen-bond acceptors (Lipinski definition) is 3. The zero-order valence-electron chi connectivity index (χ0n) is 17.0. The number of amides is 3. The molecule has 1 atom stereocenters. The quantitative estimate of drug-likeness (QED) is 0.556. The van der Waals surface area contributed by atoms with Gasteiger partial charge in [-0.25, -0.2) is 0 Å². The van der Waals surface area contributed by atoms with Crippen molar-refractivity contribution in [2.24, 2.45) is 0 Å². The first-order valence-electron chi connectivity index (χ1n) is 9.75. The van der Waals surface area contributed by atoms with Gasteiger partial charge in [0.15, 0.2) is 0 Å². The molecular weight excluding hydrogens is 411 g/mol. The van der Waals surface area contributed by atoms with Crippen molar-refractivity contribution in [3.8, 4) is 0 Å². The maximum Gasteiger partial charge on any atom is 0.416 e. The number of aryl methyl sites for hydroxylation is 1. The maximum absolute atomic E-state index is 12.5. The van der Waals surface area contributed by atoms with Gasteiger partial charge in [-0.2, -0.15) is 13.2 Å². The molecule has 2 rings (SSSR count). The Balaban J connectivity index is 1.66. The Morgan fingerprint density at radius 2 is 1.48 bits per heavy atom. The summed E-state index contributed by atoms with van der Waals surface area (Å²) in [5.74, 6) is -1.64. The lowest BCUT2D eigenvalue weighted by Crippen LogP contribution is -2.42. The summed E-state index contributed by atoms with van der Waals surface area (Å²) in [5, 5.41) is 2.82. The third-order valence-electron chi connectivity index (χ3n) is 4.49. The van der Waals surface area contributed by atoms with E-state index in [2.05, 4.69) is 16.2 Å². The van der Waals surface area contributed by atoms with Crippen LogP contribution in [0.25, 0.3) is 0 Å². The fourth-order valence-electron chi connectivity index (χ4n) is 2.75. The van der Waals surface area contributed by atoms with Crippen LogP contribution in [0.3, 0.4) is 0 Å². The Bertz CT molecular complexity index is 884. The topological polar surface area (TPSA) is 87.3 Å². The van der Waals surface area contributed by atoms with Gasteiger partial charge in [0.25, 0.3) is 5.91 Å². The molecule has 9 heteroatoms. The van der Waals surface area contributed by atoms with Gasteiger partial charge in [0, 0.05) is 24.4 Å². The first-order valence-corrected chi connectivity index (χ1v) is 9.75. The van der Waals surface area contributed by atoms with Crippen molar-refractivity contribution in [2.45, 2.75) is 44.8 Å². The molecule has 0 aliphatic carbocycles. The number of hydrazine groups is 1. The second kappa shape index (κ2) is 11.1. The molecule has 2 aromatic rings. The van der Waals surface area contributed by atoms with Gasteiger partial charge in [-0.3, -0.25) is 25.2 Å². The Hall–Kier alpha value is -3.36. The average molecular weight is 435 g/mol. The van der Waals surface area contributed by atoms with Crippen molar-refractivity contribution in [1.82, 2.24) is 16.2 Å². The van der Waals surface area contributed by atoms with Crippen molar-refractivity contribution in [2.75, 3.05) is 0 Å². The van der Waals surface area contributed by atoms with Crippen LogP contribution in [-0.4, -0.2) is 23.8 Å². The molecule has 0 bridgehead atoms. The smallest absolute Gasteiger partial charge is 0.354 e. The molecule has 0 radical (unpaired) electrons. The van der Waals surface area contributed by atoms with E-state index in [9.17, 15) is 27.6 Å². The van der Waals surface area contributed by atoms with Gasteiger partial charge in [-0.1, -0.05) is 30.3 Å². The number of alkyl halides is 3. The summed E-state index contributed by atoms with van der Waals surface area (Å²) in [6, 6.07) is 13.4. The molecule has 166 valence electrons. The average Bonchev–Trinajstić information content (AvgIpc) is 2.75. The number of hydrogen-bond donors (Lipinski definition) is 3. The highest BCUT2D eigenvalue weighted by Crippen LogP contribution is 2.29. The summed E-state index contributed by atoms with van der Waals surface area (Å²) >= 11 is 0. The standard InChI is InChI=1S/C22H24F3N3O3/c1-15(7-8-16-5-3-2-4-6-16)26-19(29)13-14-20(30)27-28-21(31)17-9-11-18(12-10-17)22(23,24)25/h2-6,9-12,15H,7-8,13-14H2,1H3,(H,26,29)(H,27,30)(H,28,31)/t15-/m0/s1. The van der Waals surface area contributed by atoms with Crippen LogP contribution < -0.4 is 16.2 Å². The van der Waals surface area contributed by atoms with Crippen molar-refractivity contribution < 1.29 is 27.6 Å². The van der Waals surface area contributed by atoms with Gasteiger partial charge in [-0.15, -0.1) is 0 Å². The van der Waals surface area contributed by atoms with Crippen LogP contribution in [0.4, 0.5) is 13.2 Å². The molecule has 2 aromatic carbocycles. The Morgan fingerprint density at radius 3 is 2.10 bits per heavy atom. The molecule has 0 aromatic heterocycles. The summed E-state index contributed by atoms with van der Waals surface area (Å²) < 4.78 is 37.6. The van der Waals surface area contributed by atoms with Gasteiger partial charge < -0.3 is 5.32 Å². The summed E-state index contributed by atoms with van der Waals surface area (Å²) in [6.45, 7) is 1.88. The molecule has 0 aliphatic rings. The SMILES string of the molecule is C[C@@H](CCc1ccccc1)NC(=O)CCC(=O)NNC(=O)c1ccc(C(F)(F)F)cc1. The molecule has 0 unspecified atom stereocenters. The lowest BCUT2D eigenvalue weighted by atomic mass is 10.1. The fraction of sp³-hybridized carbons (Fsp3) is 0.318. The van der Waals surface area contributed by atoms with E-state index >= 15 is 0 Å². The Labute approximate surface area is 178 Å². The van der Waals surface area contributed by atoms with E-state index in [4.69, 9.17) is 0 Å². The van der Waals surface area contributed by atoms with E-state index in [0.29, 0.717) is 0 Å². The monoisotopic (exact) mass is 435 g/mol. The number of nitrogens with one attached hydrogen (secondary N) is 3. The highest BCUT2D eigenvalue weighted by molar-refractivity contribution is 5.95. The van der Waals surface area contributed by atoms with Crippen LogP contribution in [0.5, 0.6) is 0 Å². The summed E-state index contributed by atoms with van der Waals surface area (Å²) in [7, 11) is 0. The molecule has 0 aliphatic heterocycles. The first kappa shape index (κ1) is 23.9.